The number of aromatic amines is 1. The minimum absolute atomic E-state index is 0.149. The third-order valence-electron chi connectivity index (χ3n) is 4.50. The number of carbonyl (C=O) groups excluding carboxylic acids is 1. The summed E-state index contributed by atoms with van der Waals surface area (Å²) < 4.78 is 25.4. The number of nitrogens with zero attached hydrogens (tertiary/aromatic N) is 1. The summed E-state index contributed by atoms with van der Waals surface area (Å²) in [6, 6.07) is 9.07. The smallest absolute Gasteiger partial charge is 0.268 e. The molecule has 7 heteroatoms. The molecule has 1 atom stereocenters. The molecule has 1 saturated heterocycles. The molecule has 1 aliphatic heterocycles. The van der Waals surface area contributed by atoms with E-state index in [-0.39, 0.29) is 17.7 Å². The maximum absolute atomic E-state index is 12.4. The van der Waals surface area contributed by atoms with Gasteiger partial charge in [0.15, 0.2) is 0 Å². The van der Waals surface area contributed by atoms with Crippen molar-refractivity contribution in [3.63, 3.8) is 0 Å². The van der Waals surface area contributed by atoms with Crippen molar-refractivity contribution in [1.82, 2.24) is 10.3 Å². The van der Waals surface area contributed by atoms with Gasteiger partial charge in [-0.25, -0.2) is 8.42 Å². The van der Waals surface area contributed by atoms with Crippen molar-refractivity contribution in [2.75, 3.05) is 16.6 Å². The van der Waals surface area contributed by atoms with E-state index < -0.39 is 10.0 Å². The number of anilines is 1. The van der Waals surface area contributed by atoms with Crippen LogP contribution in [-0.4, -0.2) is 31.6 Å². The number of benzene rings is 1. The van der Waals surface area contributed by atoms with Crippen LogP contribution in [0.5, 0.6) is 0 Å². The summed E-state index contributed by atoms with van der Waals surface area (Å²) >= 11 is 0. The van der Waals surface area contributed by atoms with Crippen molar-refractivity contribution in [2.24, 2.45) is 0 Å². The lowest BCUT2D eigenvalue weighted by molar-refractivity contribution is 0.0934. The summed E-state index contributed by atoms with van der Waals surface area (Å²) in [6.07, 6.45) is 0.658. The largest absolute Gasteiger partial charge is 0.354 e. The Hall–Kier alpha value is -2.28. The standard InChI is InChI=1S/C18H23N3O3S/c1-12-11-13(2)19-17(12)18(22)20-14(3)15-5-7-16(8-6-15)21-9-4-10-25(21,23)24/h5-8,11,14,19H,4,9-10H2,1-3H3,(H,20,22). The Labute approximate surface area is 148 Å². The third kappa shape index (κ3) is 3.56. The molecule has 0 saturated carbocycles. The minimum atomic E-state index is -3.17. The van der Waals surface area contributed by atoms with Gasteiger partial charge in [0.05, 0.1) is 17.5 Å². The molecule has 1 unspecified atom stereocenters. The number of nitrogens with one attached hydrogen (secondary N) is 2. The van der Waals surface area contributed by atoms with Crippen molar-refractivity contribution in [3.05, 3.63) is 52.8 Å². The number of amides is 1. The monoisotopic (exact) mass is 361 g/mol. The molecule has 0 aliphatic carbocycles. The zero-order chi connectivity index (χ0) is 18.2. The minimum Gasteiger partial charge on any atom is -0.354 e. The van der Waals surface area contributed by atoms with E-state index in [0.717, 1.165) is 16.8 Å². The van der Waals surface area contributed by atoms with Gasteiger partial charge in [0.1, 0.15) is 5.69 Å². The van der Waals surface area contributed by atoms with Crippen molar-refractivity contribution in [2.45, 2.75) is 33.2 Å². The van der Waals surface area contributed by atoms with Crippen LogP contribution in [0.4, 0.5) is 5.69 Å². The molecule has 134 valence electrons. The molecule has 2 aromatic rings. The van der Waals surface area contributed by atoms with Crippen LogP contribution in [0.2, 0.25) is 0 Å². The van der Waals surface area contributed by atoms with E-state index in [1.54, 1.807) is 12.1 Å². The number of H-pyrrole nitrogens is 1. The molecule has 2 N–H and O–H groups in total. The first-order valence-electron chi connectivity index (χ1n) is 8.35. The number of sulfonamides is 1. The van der Waals surface area contributed by atoms with Crippen molar-refractivity contribution >= 4 is 21.6 Å². The molecular weight excluding hydrogens is 338 g/mol. The highest BCUT2D eigenvalue weighted by Gasteiger charge is 2.28. The highest BCUT2D eigenvalue weighted by atomic mass is 32.2. The van der Waals surface area contributed by atoms with E-state index in [2.05, 4.69) is 10.3 Å². The maximum atomic E-state index is 12.4. The van der Waals surface area contributed by atoms with Crippen LogP contribution >= 0.6 is 0 Å². The van der Waals surface area contributed by atoms with E-state index >= 15 is 0 Å². The first kappa shape index (κ1) is 17.5. The van der Waals surface area contributed by atoms with Gasteiger partial charge in [0, 0.05) is 12.2 Å². The second-order valence-electron chi connectivity index (χ2n) is 6.54. The Kier molecular flexibility index (Phi) is 4.60. The van der Waals surface area contributed by atoms with Gasteiger partial charge in [-0.3, -0.25) is 9.10 Å². The zero-order valence-electron chi connectivity index (χ0n) is 14.7. The molecule has 0 spiro atoms. The Bertz CT molecular complexity index is 885. The SMILES string of the molecule is Cc1cc(C)c(C(=O)NC(C)c2ccc(N3CCCS3(=O)=O)cc2)[nH]1. The lowest BCUT2D eigenvalue weighted by Crippen LogP contribution is -2.28. The fourth-order valence-corrected chi connectivity index (χ4v) is 4.74. The molecule has 2 heterocycles. The van der Waals surface area contributed by atoms with Crippen LogP contribution < -0.4 is 9.62 Å². The van der Waals surface area contributed by atoms with Gasteiger partial charge in [0.25, 0.3) is 5.91 Å². The molecular formula is C18H23N3O3S. The number of carbonyl (C=O) groups is 1. The van der Waals surface area contributed by atoms with Crippen LogP contribution in [0, 0.1) is 13.8 Å². The van der Waals surface area contributed by atoms with E-state index in [0.29, 0.717) is 24.3 Å². The molecule has 1 fully saturated rings. The maximum Gasteiger partial charge on any atom is 0.268 e. The summed E-state index contributed by atoms with van der Waals surface area (Å²) in [7, 11) is -3.17. The number of aryl methyl sites for hydroxylation is 2. The Morgan fingerprint density at radius 1 is 1.24 bits per heavy atom. The molecule has 0 radical (unpaired) electrons. The van der Waals surface area contributed by atoms with Crippen LogP contribution in [0.1, 0.15) is 46.7 Å². The quantitative estimate of drug-likeness (QED) is 0.878. The van der Waals surface area contributed by atoms with Gasteiger partial charge in [-0.15, -0.1) is 0 Å². The fraction of sp³-hybridized carbons (Fsp3) is 0.389. The highest BCUT2D eigenvalue weighted by Crippen LogP contribution is 2.25. The van der Waals surface area contributed by atoms with E-state index in [4.69, 9.17) is 0 Å². The molecule has 1 aliphatic rings. The van der Waals surface area contributed by atoms with Crippen LogP contribution in [-0.2, 0) is 10.0 Å². The summed E-state index contributed by atoms with van der Waals surface area (Å²) in [4.78, 5) is 15.5. The van der Waals surface area contributed by atoms with Gasteiger partial charge < -0.3 is 10.3 Å². The Morgan fingerprint density at radius 2 is 1.92 bits per heavy atom. The molecule has 3 rings (SSSR count). The van der Waals surface area contributed by atoms with Crippen LogP contribution in [0.25, 0.3) is 0 Å². The molecule has 0 bridgehead atoms. The van der Waals surface area contributed by atoms with Gasteiger partial charge in [-0.05, 0) is 56.5 Å². The predicted octanol–water partition coefficient (Wildman–Crippen LogP) is 2.66. The first-order valence-corrected chi connectivity index (χ1v) is 9.96. The van der Waals surface area contributed by atoms with Gasteiger partial charge in [-0.1, -0.05) is 12.1 Å². The van der Waals surface area contributed by atoms with Crippen molar-refractivity contribution < 1.29 is 13.2 Å². The van der Waals surface area contributed by atoms with Gasteiger partial charge in [-0.2, -0.15) is 0 Å². The molecule has 1 amide bonds. The fourth-order valence-electron chi connectivity index (χ4n) is 3.18. The summed E-state index contributed by atoms with van der Waals surface area (Å²) in [5.41, 5.74) is 4.04. The van der Waals surface area contributed by atoms with Crippen LogP contribution in [0.3, 0.4) is 0 Å². The number of hydrogen-bond acceptors (Lipinski definition) is 3. The average Bonchev–Trinajstić information content (AvgIpc) is 3.08. The lowest BCUT2D eigenvalue weighted by atomic mass is 10.1. The normalized spacial score (nSPS) is 17.5. The predicted molar refractivity (Wildman–Crippen MR) is 98.3 cm³/mol. The van der Waals surface area contributed by atoms with E-state index in [1.807, 2.05) is 39.0 Å². The molecule has 1 aromatic heterocycles. The first-order chi connectivity index (χ1) is 11.8. The molecule has 6 nitrogen and oxygen atoms in total. The van der Waals surface area contributed by atoms with Gasteiger partial charge >= 0.3 is 0 Å². The Balaban J connectivity index is 1.72. The Morgan fingerprint density at radius 3 is 2.44 bits per heavy atom. The second kappa shape index (κ2) is 6.55. The lowest BCUT2D eigenvalue weighted by Gasteiger charge is -2.19. The number of aromatic nitrogens is 1. The highest BCUT2D eigenvalue weighted by molar-refractivity contribution is 7.93. The van der Waals surface area contributed by atoms with Crippen molar-refractivity contribution in [1.29, 1.82) is 0 Å². The second-order valence-corrected chi connectivity index (χ2v) is 8.55. The third-order valence-corrected chi connectivity index (χ3v) is 6.37. The van der Waals surface area contributed by atoms with Crippen LogP contribution in [0.15, 0.2) is 30.3 Å². The van der Waals surface area contributed by atoms with Gasteiger partial charge in [0.2, 0.25) is 10.0 Å². The summed E-state index contributed by atoms with van der Waals surface area (Å²) in [5, 5.41) is 2.97. The number of hydrogen-bond donors (Lipinski definition) is 2. The summed E-state index contributed by atoms with van der Waals surface area (Å²) in [5.74, 6) is 0.0557. The number of rotatable bonds is 4. The summed E-state index contributed by atoms with van der Waals surface area (Å²) in [6.45, 7) is 6.25. The average molecular weight is 361 g/mol. The van der Waals surface area contributed by atoms with E-state index in [1.165, 1.54) is 4.31 Å². The topological polar surface area (TPSA) is 82.3 Å². The van der Waals surface area contributed by atoms with E-state index in [9.17, 15) is 13.2 Å². The molecule has 1 aromatic carbocycles. The molecule has 25 heavy (non-hydrogen) atoms. The van der Waals surface area contributed by atoms with Crippen molar-refractivity contribution in [3.8, 4) is 0 Å². The zero-order valence-corrected chi connectivity index (χ0v) is 15.5.